The van der Waals surface area contributed by atoms with Crippen molar-refractivity contribution in [3.8, 4) is 0 Å². The van der Waals surface area contributed by atoms with Gasteiger partial charge < -0.3 is 0 Å². The molecule has 102 valence electrons. The summed E-state index contributed by atoms with van der Waals surface area (Å²) in [6, 6.07) is 5.53. The summed E-state index contributed by atoms with van der Waals surface area (Å²) in [6.45, 7) is 1.79. The number of aromatic nitrogens is 2. The maximum atomic E-state index is 12.6. The molecule has 5 heteroatoms. The van der Waals surface area contributed by atoms with E-state index in [1.807, 2.05) is 12.1 Å². The second kappa shape index (κ2) is 4.66. The molecule has 4 nitrogen and oxygen atoms in total. The molecule has 1 heterocycles. The molecule has 0 aliphatic heterocycles. The van der Waals surface area contributed by atoms with Crippen molar-refractivity contribution in [2.75, 3.05) is 0 Å². The van der Waals surface area contributed by atoms with E-state index in [0.717, 1.165) is 10.0 Å². The zero-order valence-electron chi connectivity index (χ0n) is 11.2. The van der Waals surface area contributed by atoms with Gasteiger partial charge in [-0.25, -0.2) is 0 Å². The van der Waals surface area contributed by atoms with E-state index in [0.29, 0.717) is 23.2 Å². The predicted molar refractivity (Wildman–Crippen MR) is 77.9 cm³/mol. The summed E-state index contributed by atoms with van der Waals surface area (Å²) in [5.74, 6) is -0.823. The molecule has 0 saturated heterocycles. The summed E-state index contributed by atoms with van der Waals surface area (Å²) in [4.78, 5) is 24.9. The highest BCUT2D eigenvalue weighted by Crippen LogP contribution is 2.31. The van der Waals surface area contributed by atoms with Crippen LogP contribution < -0.4 is 0 Å². The normalized spacial score (nSPS) is 17.4. The van der Waals surface area contributed by atoms with Gasteiger partial charge in [-0.2, -0.15) is 5.10 Å². The Morgan fingerprint density at radius 2 is 2.20 bits per heavy atom. The minimum atomic E-state index is -0.609. The van der Waals surface area contributed by atoms with Crippen molar-refractivity contribution in [1.29, 1.82) is 0 Å². The smallest absolute Gasteiger partial charge is 0.177 e. The molecule has 3 rings (SSSR count). The van der Waals surface area contributed by atoms with Crippen molar-refractivity contribution in [2.24, 2.45) is 13.0 Å². The zero-order valence-corrected chi connectivity index (χ0v) is 12.8. The van der Waals surface area contributed by atoms with Crippen molar-refractivity contribution >= 4 is 27.5 Å². The first-order chi connectivity index (χ1) is 9.47. The molecule has 1 aromatic carbocycles. The third kappa shape index (κ3) is 2.02. The zero-order chi connectivity index (χ0) is 14.4. The number of hydrogen-bond acceptors (Lipinski definition) is 3. The summed E-state index contributed by atoms with van der Waals surface area (Å²) >= 11 is 3.39. The van der Waals surface area contributed by atoms with Crippen molar-refractivity contribution in [1.82, 2.24) is 9.78 Å². The van der Waals surface area contributed by atoms with Gasteiger partial charge in [-0.1, -0.05) is 15.9 Å². The summed E-state index contributed by atoms with van der Waals surface area (Å²) < 4.78 is 2.53. The van der Waals surface area contributed by atoms with E-state index in [-0.39, 0.29) is 11.6 Å². The van der Waals surface area contributed by atoms with Crippen LogP contribution >= 0.6 is 15.9 Å². The van der Waals surface area contributed by atoms with Gasteiger partial charge in [0.15, 0.2) is 11.6 Å². The number of rotatable bonds is 2. The number of fused-ring (bicyclic) bond motifs is 1. The van der Waals surface area contributed by atoms with Crippen LogP contribution in [0.15, 0.2) is 28.9 Å². The Balaban J connectivity index is 1.96. The molecule has 0 N–H and O–H groups in total. The third-order valence-corrected chi connectivity index (χ3v) is 4.16. The number of benzene rings is 1. The second-order valence-electron chi connectivity index (χ2n) is 5.09. The third-order valence-electron chi connectivity index (χ3n) is 3.67. The van der Waals surface area contributed by atoms with Gasteiger partial charge >= 0.3 is 0 Å². The lowest BCUT2D eigenvalue weighted by Gasteiger charge is -2.05. The van der Waals surface area contributed by atoms with E-state index in [2.05, 4.69) is 21.0 Å². The number of carbonyl (C=O) groups excluding carboxylic acids is 2. The quantitative estimate of drug-likeness (QED) is 0.627. The molecular weight excluding hydrogens is 320 g/mol. The number of nitrogens with zero attached hydrogens (tertiary/aromatic N) is 2. The fourth-order valence-electron chi connectivity index (χ4n) is 2.71. The molecule has 1 aliphatic rings. The van der Waals surface area contributed by atoms with Crippen LogP contribution in [0.4, 0.5) is 0 Å². The topological polar surface area (TPSA) is 52.0 Å². The molecule has 1 atom stereocenters. The van der Waals surface area contributed by atoms with E-state index in [1.54, 1.807) is 30.9 Å². The largest absolute Gasteiger partial charge is 0.293 e. The lowest BCUT2D eigenvalue weighted by Crippen LogP contribution is -2.21. The van der Waals surface area contributed by atoms with Gasteiger partial charge in [-0.15, -0.1) is 0 Å². The van der Waals surface area contributed by atoms with Gasteiger partial charge in [0.25, 0.3) is 0 Å². The van der Waals surface area contributed by atoms with Crippen molar-refractivity contribution in [3.63, 3.8) is 0 Å². The summed E-state index contributed by atoms with van der Waals surface area (Å²) in [5.41, 5.74) is 2.80. The molecule has 0 bridgehead atoms. The first-order valence-corrected chi connectivity index (χ1v) is 7.14. The predicted octanol–water partition coefficient (Wildman–Crippen LogP) is 2.73. The lowest BCUT2D eigenvalue weighted by atomic mass is 9.94. The van der Waals surface area contributed by atoms with Crippen LogP contribution in [0, 0.1) is 12.8 Å². The van der Waals surface area contributed by atoms with Gasteiger partial charge in [0.1, 0.15) is 0 Å². The highest BCUT2D eigenvalue weighted by atomic mass is 79.9. The molecule has 1 aliphatic carbocycles. The summed E-state index contributed by atoms with van der Waals surface area (Å²) in [6.07, 6.45) is 2.16. The van der Waals surface area contributed by atoms with Crippen molar-refractivity contribution in [2.45, 2.75) is 13.3 Å². The minimum Gasteiger partial charge on any atom is -0.293 e. The first-order valence-electron chi connectivity index (χ1n) is 6.34. The Bertz CT molecular complexity index is 733. The maximum absolute atomic E-state index is 12.6. The van der Waals surface area contributed by atoms with Gasteiger partial charge in [-0.3, -0.25) is 14.3 Å². The Kier molecular flexibility index (Phi) is 3.09. The van der Waals surface area contributed by atoms with E-state index < -0.39 is 5.92 Å². The molecule has 0 radical (unpaired) electrons. The van der Waals surface area contributed by atoms with Crippen LogP contribution in [0.3, 0.4) is 0 Å². The van der Waals surface area contributed by atoms with Gasteiger partial charge in [0.2, 0.25) is 0 Å². The number of Topliss-reactive ketones (excluding diaryl/α,β-unsaturated/α-hetero) is 2. The summed E-state index contributed by atoms with van der Waals surface area (Å²) in [5, 5.41) is 4.17. The van der Waals surface area contributed by atoms with E-state index in [1.165, 1.54) is 0 Å². The minimum absolute atomic E-state index is 0.0826. The maximum Gasteiger partial charge on any atom is 0.177 e. The number of halogens is 1. The van der Waals surface area contributed by atoms with Crippen LogP contribution in [0.5, 0.6) is 0 Å². The molecule has 1 unspecified atom stereocenters. The van der Waals surface area contributed by atoms with Crippen LogP contribution in [0.25, 0.3) is 0 Å². The average molecular weight is 333 g/mol. The number of aryl methyl sites for hydroxylation is 2. The van der Waals surface area contributed by atoms with Crippen LogP contribution in [-0.4, -0.2) is 21.3 Å². The highest BCUT2D eigenvalue weighted by molar-refractivity contribution is 9.10. The number of hydrogen-bond donors (Lipinski definition) is 0. The van der Waals surface area contributed by atoms with E-state index >= 15 is 0 Å². The molecule has 0 spiro atoms. The molecule has 0 fully saturated rings. The van der Waals surface area contributed by atoms with E-state index in [4.69, 9.17) is 0 Å². The first kappa shape index (κ1) is 13.2. The fourth-order valence-corrected chi connectivity index (χ4v) is 3.12. The Morgan fingerprint density at radius 1 is 1.45 bits per heavy atom. The SMILES string of the molecule is Cc1nn(C)cc1C(=O)C1Cc2cc(Br)ccc2C1=O. The van der Waals surface area contributed by atoms with Gasteiger partial charge in [0, 0.05) is 23.3 Å². The van der Waals surface area contributed by atoms with Crippen LogP contribution in [-0.2, 0) is 13.5 Å². The van der Waals surface area contributed by atoms with Crippen LogP contribution in [0.1, 0.15) is 32.0 Å². The molecule has 0 amide bonds. The molecular formula is C15H13BrN2O2. The Labute approximate surface area is 124 Å². The molecule has 0 saturated carbocycles. The molecule has 1 aromatic heterocycles. The van der Waals surface area contributed by atoms with Crippen molar-refractivity contribution < 1.29 is 9.59 Å². The standard InChI is InChI=1S/C15H13BrN2O2/c1-8-13(7-18(2)17-8)15(20)12-6-9-5-10(16)3-4-11(9)14(12)19/h3-5,7,12H,6H2,1-2H3. The Hall–Kier alpha value is -1.75. The second-order valence-corrected chi connectivity index (χ2v) is 6.00. The van der Waals surface area contributed by atoms with Crippen molar-refractivity contribution in [3.05, 3.63) is 51.3 Å². The number of carbonyl (C=O) groups is 2. The van der Waals surface area contributed by atoms with Crippen LogP contribution in [0.2, 0.25) is 0 Å². The summed E-state index contributed by atoms with van der Waals surface area (Å²) in [7, 11) is 1.77. The van der Waals surface area contributed by atoms with Gasteiger partial charge in [0.05, 0.1) is 17.2 Å². The fraction of sp³-hybridized carbons (Fsp3) is 0.267. The Morgan fingerprint density at radius 3 is 2.85 bits per heavy atom. The molecule has 2 aromatic rings. The lowest BCUT2D eigenvalue weighted by molar-refractivity contribution is 0.0822. The van der Waals surface area contributed by atoms with Gasteiger partial charge in [-0.05, 0) is 37.1 Å². The van der Waals surface area contributed by atoms with E-state index in [9.17, 15) is 9.59 Å². The number of ketones is 2. The molecule has 20 heavy (non-hydrogen) atoms. The highest BCUT2D eigenvalue weighted by Gasteiger charge is 2.37. The average Bonchev–Trinajstić information content (AvgIpc) is 2.89. The monoisotopic (exact) mass is 332 g/mol.